The van der Waals surface area contributed by atoms with Crippen molar-refractivity contribution in [2.24, 2.45) is 11.3 Å². The Hall–Kier alpha value is -1.64. The number of carbonyl (C=O) groups is 2. The highest BCUT2D eigenvalue weighted by molar-refractivity contribution is 6.03. The Morgan fingerprint density at radius 1 is 1.12 bits per heavy atom. The zero-order chi connectivity index (χ0) is 12.6. The van der Waals surface area contributed by atoms with Crippen LogP contribution < -0.4 is 0 Å². The lowest BCUT2D eigenvalue weighted by molar-refractivity contribution is -0.177. The molecule has 1 aliphatic rings. The van der Waals surface area contributed by atoms with Crippen molar-refractivity contribution in [3.05, 3.63) is 35.9 Å². The largest absolute Gasteiger partial charge is 0.456 e. The summed E-state index contributed by atoms with van der Waals surface area (Å²) in [6.07, 6.45) is -0.486. The molecule has 0 bridgehead atoms. The number of esters is 1. The quantitative estimate of drug-likeness (QED) is 0.552. The summed E-state index contributed by atoms with van der Waals surface area (Å²) in [7, 11) is 0. The lowest BCUT2D eigenvalue weighted by atomic mass is 9.73. The van der Waals surface area contributed by atoms with Crippen LogP contribution >= 0.6 is 0 Å². The summed E-state index contributed by atoms with van der Waals surface area (Å²) in [6, 6.07) is 9.40. The number of benzene rings is 1. The summed E-state index contributed by atoms with van der Waals surface area (Å²) in [5.74, 6) is -1.14. The zero-order valence-electron chi connectivity index (χ0n) is 10.3. The average molecular weight is 232 g/mol. The van der Waals surface area contributed by atoms with E-state index in [-0.39, 0.29) is 5.78 Å². The molecule has 0 amide bonds. The van der Waals surface area contributed by atoms with E-state index in [9.17, 15) is 9.59 Å². The number of carbonyl (C=O) groups excluding carboxylic acids is 2. The fourth-order valence-corrected chi connectivity index (χ4v) is 2.27. The summed E-state index contributed by atoms with van der Waals surface area (Å²) in [5, 5.41) is 0. The molecule has 17 heavy (non-hydrogen) atoms. The minimum absolute atomic E-state index is 0.0531. The van der Waals surface area contributed by atoms with E-state index in [1.54, 1.807) is 6.92 Å². The molecule has 1 fully saturated rings. The van der Waals surface area contributed by atoms with Crippen molar-refractivity contribution in [2.75, 3.05) is 0 Å². The number of cyclic esters (lactones) is 1. The van der Waals surface area contributed by atoms with Crippen molar-refractivity contribution in [3.8, 4) is 0 Å². The van der Waals surface area contributed by atoms with Gasteiger partial charge in [0.15, 0.2) is 5.78 Å². The predicted molar refractivity (Wildman–Crippen MR) is 63.2 cm³/mol. The summed E-state index contributed by atoms with van der Waals surface area (Å²) < 4.78 is 5.41. The minimum Gasteiger partial charge on any atom is -0.456 e. The van der Waals surface area contributed by atoms with E-state index in [1.807, 2.05) is 44.2 Å². The number of ether oxygens (including phenoxy) is 1. The number of rotatable bonds is 1. The van der Waals surface area contributed by atoms with Crippen LogP contribution in [0.25, 0.3) is 0 Å². The van der Waals surface area contributed by atoms with Crippen LogP contribution in [0, 0.1) is 11.3 Å². The molecule has 3 heteroatoms. The van der Waals surface area contributed by atoms with Crippen LogP contribution in [-0.2, 0) is 14.3 Å². The van der Waals surface area contributed by atoms with Crippen molar-refractivity contribution in [2.45, 2.75) is 26.9 Å². The second-order valence-corrected chi connectivity index (χ2v) is 5.04. The van der Waals surface area contributed by atoms with Gasteiger partial charge in [-0.1, -0.05) is 30.3 Å². The Kier molecular flexibility index (Phi) is 2.77. The fraction of sp³-hybridized carbons (Fsp3) is 0.429. The van der Waals surface area contributed by atoms with E-state index >= 15 is 0 Å². The van der Waals surface area contributed by atoms with Crippen molar-refractivity contribution in [1.82, 2.24) is 0 Å². The minimum atomic E-state index is -0.672. The molecule has 1 aromatic rings. The van der Waals surface area contributed by atoms with Gasteiger partial charge in [-0.2, -0.15) is 0 Å². The molecule has 3 nitrogen and oxygen atoms in total. The van der Waals surface area contributed by atoms with Crippen LogP contribution in [-0.4, -0.2) is 11.8 Å². The monoisotopic (exact) mass is 232 g/mol. The Balaban J connectivity index is 2.41. The molecule has 2 atom stereocenters. The van der Waals surface area contributed by atoms with Crippen LogP contribution in [0.3, 0.4) is 0 Å². The molecule has 1 aromatic carbocycles. The normalized spacial score (nSPS) is 27.7. The lowest BCUT2D eigenvalue weighted by Gasteiger charge is -2.39. The SMILES string of the molecule is C[C@H]1C(=O)O[C@@H](c2ccccc2)C(C)(C)C1=O. The molecular formula is C14H16O3. The molecule has 1 heterocycles. The molecule has 0 radical (unpaired) electrons. The van der Waals surface area contributed by atoms with E-state index in [0.29, 0.717) is 0 Å². The zero-order valence-corrected chi connectivity index (χ0v) is 10.3. The van der Waals surface area contributed by atoms with Gasteiger partial charge in [0.25, 0.3) is 0 Å². The van der Waals surface area contributed by atoms with Gasteiger partial charge in [-0.15, -0.1) is 0 Å². The molecule has 0 saturated carbocycles. The highest BCUT2D eigenvalue weighted by Crippen LogP contribution is 2.43. The third-order valence-corrected chi connectivity index (χ3v) is 3.37. The molecule has 0 unspecified atom stereocenters. The number of hydrogen-bond donors (Lipinski definition) is 0. The maximum absolute atomic E-state index is 12.1. The van der Waals surface area contributed by atoms with Crippen LogP contribution in [0.4, 0.5) is 0 Å². The molecule has 1 saturated heterocycles. The van der Waals surface area contributed by atoms with E-state index < -0.39 is 23.4 Å². The van der Waals surface area contributed by atoms with E-state index in [1.165, 1.54) is 0 Å². The van der Waals surface area contributed by atoms with Gasteiger partial charge < -0.3 is 4.74 Å². The molecule has 90 valence electrons. The van der Waals surface area contributed by atoms with Crippen LogP contribution in [0.5, 0.6) is 0 Å². The molecule has 1 aliphatic heterocycles. The van der Waals surface area contributed by atoms with Gasteiger partial charge in [0.1, 0.15) is 12.0 Å². The first-order valence-electron chi connectivity index (χ1n) is 5.74. The van der Waals surface area contributed by atoms with Crippen LogP contribution in [0.15, 0.2) is 30.3 Å². The summed E-state index contributed by atoms with van der Waals surface area (Å²) in [6.45, 7) is 5.26. The van der Waals surface area contributed by atoms with Crippen molar-refractivity contribution in [3.63, 3.8) is 0 Å². The Labute approximate surface area is 101 Å². The summed E-state index contributed by atoms with van der Waals surface area (Å²) >= 11 is 0. The van der Waals surface area contributed by atoms with E-state index in [4.69, 9.17) is 4.74 Å². The average Bonchev–Trinajstić information content (AvgIpc) is 2.33. The second kappa shape index (κ2) is 3.99. The third kappa shape index (κ3) is 1.86. The van der Waals surface area contributed by atoms with E-state index in [2.05, 4.69) is 0 Å². The molecule has 2 rings (SSSR count). The van der Waals surface area contributed by atoms with E-state index in [0.717, 1.165) is 5.56 Å². The summed E-state index contributed by atoms with van der Waals surface area (Å²) in [5.41, 5.74) is 0.195. The first-order valence-corrected chi connectivity index (χ1v) is 5.74. The number of ketones is 1. The Morgan fingerprint density at radius 3 is 2.29 bits per heavy atom. The molecule has 0 N–H and O–H groups in total. The van der Waals surface area contributed by atoms with Gasteiger partial charge in [-0.3, -0.25) is 9.59 Å². The molecule has 0 aliphatic carbocycles. The highest BCUT2D eigenvalue weighted by atomic mass is 16.5. The van der Waals surface area contributed by atoms with Crippen LogP contribution in [0.1, 0.15) is 32.4 Å². The lowest BCUT2D eigenvalue weighted by Crippen LogP contribution is -2.46. The fourth-order valence-electron chi connectivity index (χ4n) is 2.27. The van der Waals surface area contributed by atoms with Gasteiger partial charge in [0, 0.05) is 0 Å². The number of Topliss-reactive ketones (excluding diaryl/α,β-unsaturated/α-hetero) is 1. The van der Waals surface area contributed by atoms with Crippen molar-refractivity contribution >= 4 is 11.8 Å². The Morgan fingerprint density at radius 2 is 1.71 bits per heavy atom. The van der Waals surface area contributed by atoms with Gasteiger partial charge in [0.05, 0.1) is 5.41 Å². The summed E-state index contributed by atoms with van der Waals surface area (Å²) in [4.78, 5) is 23.8. The maximum Gasteiger partial charge on any atom is 0.316 e. The van der Waals surface area contributed by atoms with Crippen LogP contribution in [0.2, 0.25) is 0 Å². The Bertz CT molecular complexity index is 448. The van der Waals surface area contributed by atoms with Gasteiger partial charge >= 0.3 is 5.97 Å². The van der Waals surface area contributed by atoms with Gasteiger partial charge in [-0.25, -0.2) is 0 Å². The first kappa shape index (κ1) is 11.8. The topological polar surface area (TPSA) is 43.4 Å². The van der Waals surface area contributed by atoms with Crippen molar-refractivity contribution in [1.29, 1.82) is 0 Å². The van der Waals surface area contributed by atoms with Crippen molar-refractivity contribution < 1.29 is 14.3 Å². The number of hydrogen-bond acceptors (Lipinski definition) is 3. The molecule has 0 aromatic heterocycles. The van der Waals surface area contributed by atoms with Gasteiger partial charge in [-0.05, 0) is 26.3 Å². The van der Waals surface area contributed by atoms with Gasteiger partial charge in [0.2, 0.25) is 0 Å². The third-order valence-electron chi connectivity index (χ3n) is 3.37. The predicted octanol–water partition coefficient (Wildman–Crippen LogP) is 2.52. The maximum atomic E-state index is 12.1. The highest BCUT2D eigenvalue weighted by Gasteiger charge is 2.49. The second-order valence-electron chi connectivity index (χ2n) is 5.04. The first-order chi connectivity index (χ1) is 7.94. The smallest absolute Gasteiger partial charge is 0.316 e. The molecular weight excluding hydrogens is 216 g/mol. The standard InChI is InChI=1S/C14H16O3/c1-9-11(15)14(2,3)12(17-13(9)16)10-7-5-4-6-8-10/h4-9,12H,1-3H3/t9-,12+/m1/s1. The molecule has 0 spiro atoms.